The second-order valence-electron chi connectivity index (χ2n) is 3.72. The summed E-state index contributed by atoms with van der Waals surface area (Å²) < 4.78 is 12.9. The summed E-state index contributed by atoms with van der Waals surface area (Å²) in [5, 5.41) is 18.3. The van der Waals surface area contributed by atoms with Gasteiger partial charge in [0.25, 0.3) is 0 Å². The summed E-state index contributed by atoms with van der Waals surface area (Å²) in [5.41, 5.74) is 0.00805. The number of rotatable bonds is 6. The van der Waals surface area contributed by atoms with Crippen LogP contribution in [0.2, 0.25) is 0 Å². The molecule has 0 aliphatic rings. The number of thioether (sulfide) groups is 1. The lowest BCUT2D eigenvalue weighted by Gasteiger charge is -2.09. The number of aliphatic hydroxyl groups is 1. The van der Waals surface area contributed by atoms with Gasteiger partial charge in [-0.3, -0.25) is 4.79 Å². The third-order valence-corrected chi connectivity index (χ3v) is 3.53. The summed E-state index contributed by atoms with van der Waals surface area (Å²) >= 11 is 1.38. The average Bonchev–Trinajstić information content (AvgIpc) is 2.29. The monoisotopic (exact) mass is 258 g/mol. The van der Waals surface area contributed by atoms with Crippen LogP contribution < -0.4 is 0 Å². The van der Waals surface area contributed by atoms with Crippen LogP contribution in [0, 0.1) is 5.82 Å². The molecule has 0 aliphatic heterocycles. The van der Waals surface area contributed by atoms with Crippen molar-refractivity contribution in [2.24, 2.45) is 0 Å². The Morgan fingerprint density at radius 1 is 1.53 bits per heavy atom. The molecule has 0 aliphatic carbocycles. The van der Waals surface area contributed by atoms with Crippen molar-refractivity contribution in [1.29, 1.82) is 0 Å². The highest BCUT2D eigenvalue weighted by Crippen LogP contribution is 2.22. The third kappa shape index (κ3) is 4.36. The van der Waals surface area contributed by atoms with Gasteiger partial charge in [0.15, 0.2) is 5.78 Å². The maximum absolute atomic E-state index is 12.9. The summed E-state index contributed by atoms with van der Waals surface area (Å²) in [7, 11) is 0. The molecule has 0 saturated heterocycles. The summed E-state index contributed by atoms with van der Waals surface area (Å²) in [4.78, 5) is 11.7. The van der Waals surface area contributed by atoms with Crippen LogP contribution in [0.15, 0.2) is 18.2 Å². The number of hydrogen-bond acceptors (Lipinski definition) is 4. The molecule has 0 fully saturated rings. The minimum absolute atomic E-state index is 0.00805. The first-order chi connectivity index (χ1) is 8.04. The molecule has 17 heavy (non-hydrogen) atoms. The van der Waals surface area contributed by atoms with Gasteiger partial charge in [-0.25, -0.2) is 4.39 Å². The normalized spacial score (nSPS) is 12.4. The van der Waals surface area contributed by atoms with Gasteiger partial charge in [-0.1, -0.05) is 6.92 Å². The highest BCUT2D eigenvalue weighted by Gasteiger charge is 2.13. The molecule has 2 N–H and O–H groups in total. The standard InChI is InChI=1S/C12H15FO3S/c1-8(4-5-14)17-7-12(16)10-6-9(13)2-3-11(10)15/h2-3,6,8,14-15H,4-5,7H2,1H3. The van der Waals surface area contributed by atoms with E-state index < -0.39 is 5.82 Å². The SMILES string of the molecule is CC(CCO)SCC(=O)c1cc(F)ccc1O. The minimum atomic E-state index is -0.542. The van der Waals surface area contributed by atoms with Crippen molar-refractivity contribution in [3.63, 3.8) is 0 Å². The number of carbonyl (C=O) groups is 1. The van der Waals surface area contributed by atoms with E-state index >= 15 is 0 Å². The number of phenolic OH excluding ortho intramolecular Hbond substituents is 1. The first-order valence-electron chi connectivity index (χ1n) is 5.28. The fraction of sp³-hybridized carbons (Fsp3) is 0.417. The number of aromatic hydroxyl groups is 1. The number of carbonyl (C=O) groups excluding carboxylic acids is 1. The molecule has 1 aromatic rings. The molecule has 0 heterocycles. The van der Waals surface area contributed by atoms with E-state index in [2.05, 4.69) is 0 Å². The molecule has 1 unspecified atom stereocenters. The molecule has 5 heteroatoms. The molecule has 0 saturated carbocycles. The van der Waals surface area contributed by atoms with Crippen molar-refractivity contribution in [1.82, 2.24) is 0 Å². The second kappa shape index (κ2) is 6.61. The zero-order valence-corrected chi connectivity index (χ0v) is 10.3. The first kappa shape index (κ1) is 14.0. The lowest BCUT2D eigenvalue weighted by atomic mass is 10.1. The lowest BCUT2D eigenvalue weighted by molar-refractivity contribution is 0.101. The number of benzene rings is 1. The highest BCUT2D eigenvalue weighted by atomic mass is 32.2. The predicted molar refractivity (Wildman–Crippen MR) is 66.0 cm³/mol. The van der Waals surface area contributed by atoms with E-state index in [9.17, 15) is 14.3 Å². The molecule has 1 atom stereocenters. The van der Waals surface area contributed by atoms with E-state index in [-0.39, 0.29) is 34.7 Å². The predicted octanol–water partition coefficient (Wildman–Crippen LogP) is 2.22. The summed E-state index contributed by atoms with van der Waals surface area (Å²) in [6.45, 7) is 1.98. The molecular weight excluding hydrogens is 243 g/mol. The number of ketones is 1. The Kier molecular flexibility index (Phi) is 5.44. The quantitative estimate of drug-likeness (QED) is 0.768. The molecule has 1 aromatic carbocycles. The molecule has 0 amide bonds. The van der Waals surface area contributed by atoms with Gasteiger partial charge in [-0.15, -0.1) is 0 Å². The number of phenols is 1. The number of Topliss-reactive ketones (excluding diaryl/α,β-unsaturated/α-hetero) is 1. The van der Waals surface area contributed by atoms with E-state index in [1.807, 2.05) is 6.92 Å². The number of halogens is 1. The summed E-state index contributed by atoms with van der Waals surface area (Å²) in [5.74, 6) is -0.888. The van der Waals surface area contributed by atoms with Crippen LogP contribution in [-0.2, 0) is 0 Å². The number of hydrogen-bond donors (Lipinski definition) is 2. The molecule has 0 aromatic heterocycles. The molecule has 0 spiro atoms. The van der Waals surface area contributed by atoms with Crippen LogP contribution in [0.3, 0.4) is 0 Å². The van der Waals surface area contributed by atoms with Gasteiger partial charge >= 0.3 is 0 Å². The summed E-state index contributed by atoms with van der Waals surface area (Å²) in [6.07, 6.45) is 0.604. The van der Waals surface area contributed by atoms with Crippen molar-refractivity contribution in [2.75, 3.05) is 12.4 Å². The third-order valence-electron chi connectivity index (χ3n) is 2.29. The van der Waals surface area contributed by atoms with Crippen molar-refractivity contribution in [3.8, 4) is 5.75 Å². The Morgan fingerprint density at radius 2 is 2.24 bits per heavy atom. The second-order valence-corrected chi connectivity index (χ2v) is 5.15. The zero-order valence-electron chi connectivity index (χ0n) is 9.52. The molecule has 94 valence electrons. The van der Waals surface area contributed by atoms with Gasteiger partial charge in [-0.05, 0) is 24.6 Å². The van der Waals surface area contributed by atoms with Crippen LogP contribution >= 0.6 is 11.8 Å². The average molecular weight is 258 g/mol. The van der Waals surface area contributed by atoms with Crippen molar-refractivity contribution in [2.45, 2.75) is 18.6 Å². The maximum Gasteiger partial charge on any atom is 0.176 e. The van der Waals surface area contributed by atoms with Crippen LogP contribution in [0.5, 0.6) is 5.75 Å². The largest absolute Gasteiger partial charge is 0.507 e. The molecule has 0 bridgehead atoms. The van der Waals surface area contributed by atoms with Gasteiger partial charge in [0.05, 0.1) is 11.3 Å². The van der Waals surface area contributed by atoms with E-state index in [0.29, 0.717) is 6.42 Å². The van der Waals surface area contributed by atoms with Gasteiger partial charge < -0.3 is 10.2 Å². The molecule has 0 radical (unpaired) electrons. The van der Waals surface area contributed by atoms with Gasteiger partial charge in [0, 0.05) is 11.9 Å². The Labute approximate surface area is 104 Å². The van der Waals surface area contributed by atoms with E-state index in [1.54, 1.807) is 0 Å². The highest BCUT2D eigenvalue weighted by molar-refractivity contribution is 8.00. The van der Waals surface area contributed by atoms with Gasteiger partial charge in [0.1, 0.15) is 11.6 Å². The topological polar surface area (TPSA) is 57.5 Å². The van der Waals surface area contributed by atoms with Crippen LogP contribution in [-0.4, -0.2) is 33.6 Å². The maximum atomic E-state index is 12.9. The van der Waals surface area contributed by atoms with Crippen LogP contribution in [0.1, 0.15) is 23.7 Å². The van der Waals surface area contributed by atoms with Gasteiger partial charge in [-0.2, -0.15) is 11.8 Å². The zero-order chi connectivity index (χ0) is 12.8. The smallest absolute Gasteiger partial charge is 0.176 e. The molecule has 3 nitrogen and oxygen atoms in total. The molecular formula is C12H15FO3S. The fourth-order valence-corrected chi connectivity index (χ4v) is 2.16. The Bertz CT molecular complexity index is 395. The fourth-order valence-electron chi connectivity index (χ4n) is 1.29. The molecule has 1 rings (SSSR count). The van der Waals surface area contributed by atoms with Crippen LogP contribution in [0.25, 0.3) is 0 Å². The number of aliphatic hydroxyl groups excluding tert-OH is 1. The summed E-state index contributed by atoms with van der Waals surface area (Å²) in [6, 6.07) is 3.31. The Balaban J connectivity index is 2.61. The van der Waals surface area contributed by atoms with Crippen molar-refractivity contribution in [3.05, 3.63) is 29.6 Å². The van der Waals surface area contributed by atoms with Gasteiger partial charge in [0.2, 0.25) is 0 Å². The van der Waals surface area contributed by atoms with E-state index in [1.165, 1.54) is 17.8 Å². The van der Waals surface area contributed by atoms with E-state index in [4.69, 9.17) is 5.11 Å². The Hall–Kier alpha value is -1.07. The van der Waals surface area contributed by atoms with Crippen LogP contribution in [0.4, 0.5) is 4.39 Å². The van der Waals surface area contributed by atoms with Crippen molar-refractivity contribution >= 4 is 17.5 Å². The van der Waals surface area contributed by atoms with Crippen molar-refractivity contribution < 1.29 is 19.4 Å². The van der Waals surface area contributed by atoms with E-state index in [0.717, 1.165) is 12.1 Å². The first-order valence-corrected chi connectivity index (χ1v) is 6.33. The lowest BCUT2D eigenvalue weighted by Crippen LogP contribution is -2.08. The minimum Gasteiger partial charge on any atom is -0.507 e. The Morgan fingerprint density at radius 3 is 2.88 bits per heavy atom.